The maximum atomic E-state index is 11.5. The molecule has 0 unspecified atom stereocenters. The van der Waals surface area contributed by atoms with Gasteiger partial charge in [-0.15, -0.1) is 0 Å². The van der Waals surface area contributed by atoms with E-state index in [0.29, 0.717) is 0 Å². The number of aliphatic hydroxyl groups is 1. The van der Waals surface area contributed by atoms with Crippen LogP contribution in [0.5, 0.6) is 0 Å². The molecule has 0 heterocycles. The molecular formula is C14H22O2S. The lowest BCUT2D eigenvalue weighted by Crippen LogP contribution is -2.10. The second-order valence-corrected chi connectivity index (χ2v) is 6.51. The maximum absolute atomic E-state index is 11.5. The lowest BCUT2D eigenvalue weighted by atomic mass is 10.3. The lowest BCUT2D eigenvalue weighted by Gasteiger charge is -2.14. The van der Waals surface area contributed by atoms with Crippen LogP contribution in [0.1, 0.15) is 40.5 Å². The molecule has 0 amide bonds. The molecule has 0 aromatic heterocycles. The predicted molar refractivity (Wildman–Crippen MR) is 76.3 cm³/mol. The summed E-state index contributed by atoms with van der Waals surface area (Å²) in [6, 6.07) is 0. The summed E-state index contributed by atoms with van der Waals surface area (Å²) in [4.78, 5) is 11.5. The van der Waals surface area contributed by atoms with E-state index in [-0.39, 0.29) is 15.6 Å². The van der Waals surface area contributed by atoms with Crippen LogP contribution in [0.3, 0.4) is 0 Å². The van der Waals surface area contributed by atoms with E-state index in [9.17, 15) is 9.90 Å². The molecule has 3 heteroatoms. The highest BCUT2D eigenvalue weighted by Crippen LogP contribution is 2.24. The van der Waals surface area contributed by atoms with Gasteiger partial charge in [-0.3, -0.25) is 4.79 Å². The van der Waals surface area contributed by atoms with Crippen LogP contribution in [0.15, 0.2) is 36.1 Å². The van der Waals surface area contributed by atoms with Crippen molar-refractivity contribution in [3.05, 3.63) is 36.1 Å². The van der Waals surface area contributed by atoms with Crippen LogP contribution in [0.2, 0.25) is 0 Å². The molecule has 0 atom stereocenters. The third-order valence-corrected chi connectivity index (χ3v) is 2.57. The fourth-order valence-corrected chi connectivity index (χ4v) is 1.78. The molecule has 0 rings (SSSR count). The van der Waals surface area contributed by atoms with E-state index in [4.69, 9.17) is 0 Å². The number of hydrogen-bond donors (Lipinski definition) is 1. The van der Waals surface area contributed by atoms with Crippen molar-refractivity contribution in [1.29, 1.82) is 0 Å². The molecule has 17 heavy (non-hydrogen) atoms. The fourth-order valence-electron chi connectivity index (χ4n) is 0.996. The van der Waals surface area contributed by atoms with Crippen LogP contribution in [-0.4, -0.2) is 15.0 Å². The Hall–Kier alpha value is -0.960. The van der Waals surface area contributed by atoms with Crippen molar-refractivity contribution in [3.8, 4) is 0 Å². The number of carbonyl (C=O) groups is 1. The molecule has 0 bridgehead atoms. The molecule has 0 aromatic carbocycles. The van der Waals surface area contributed by atoms with Gasteiger partial charge in [-0.05, 0) is 12.5 Å². The van der Waals surface area contributed by atoms with E-state index in [2.05, 4.69) is 6.92 Å². The number of carbonyl (C=O) groups excluding carboxylic acids is 1. The quantitative estimate of drug-likeness (QED) is 0.449. The Morgan fingerprint density at radius 2 is 1.94 bits per heavy atom. The zero-order valence-electron chi connectivity index (χ0n) is 11.1. The van der Waals surface area contributed by atoms with Gasteiger partial charge >= 0.3 is 0 Å². The molecule has 96 valence electrons. The third-order valence-electron chi connectivity index (χ3n) is 1.64. The van der Waals surface area contributed by atoms with Gasteiger partial charge in [0.25, 0.3) is 0 Å². The molecule has 0 aromatic rings. The highest BCUT2D eigenvalue weighted by molar-refractivity contribution is 8.15. The zero-order chi connectivity index (χ0) is 13.3. The van der Waals surface area contributed by atoms with Crippen LogP contribution < -0.4 is 0 Å². The highest BCUT2D eigenvalue weighted by atomic mass is 32.2. The third kappa shape index (κ3) is 11.3. The molecule has 0 spiro atoms. The van der Waals surface area contributed by atoms with Crippen molar-refractivity contribution < 1.29 is 9.90 Å². The first kappa shape index (κ1) is 16.0. The van der Waals surface area contributed by atoms with Gasteiger partial charge in [0.15, 0.2) is 0 Å². The van der Waals surface area contributed by atoms with E-state index in [0.717, 1.165) is 12.8 Å². The number of allylic oxidation sites excluding steroid dienone is 4. The Bertz CT molecular complexity index is 320. The molecule has 1 N–H and O–H groups in total. The number of hydrogen-bond acceptors (Lipinski definition) is 3. The first-order valence-electron chi connectivity index (χ1n) is 5.82. The number of rotatable bonds is 5. The van der Waals surface area contributed by atoms with Gasteiger partial charge in [-0.2, -0.15) is 0 Å². The van der Waals surface area contributed by atoms with Crippen molar-refractivity contribution in [1.82, 2.24) is 0 Å². The summed E-state index contributed by atoms with van der Waals surface area (Å²) in [5.74, 6) is -0.00658. The Kier molecular flexibility index (Phi) is 7.72. The van der Waals surface area contributed by atoms with Gasteiger partial charge in [-0.25, -0.2) is 0 Å². The van der Waals surface area contributed by atoms with Crippen LogP contribution in [0, 0.1) is 0 Å². The monoisotopic (exact) mass is 254 g/mol. The van der Waals surface area contributed by atoms with E-state index >= 15 is 0 Å². The smallest absolute Gasteiger partial charge is 0.216 e. The van der Waals surface area contributed by atoms with Crippen molar-refractivity contribution in [2.24, 2.45) is 0 Å². The number of aliphatic hydroxyl groups excluding tert-OH is 1. The summed E-state index contributed by atoms with van der Waals surface area (Å²) < 4.78 is -0.126. The summed E-state index contributed by atoms with van der Waals surface area (Å²) >= 11 is 1.21. The molecule has 0 aliphatic heterocycles. The first-order chi connectivity index (χ1) is 7.85. The summed E-state index contributed by atoms with van der Waals surface area (Å²) in [5, 5.41) is 9.35. The van der Waals surface area contributed by atoms with Crippen molar-refractivity contribution in [2.45, 2.75) is 45.3 Å². The molecule has 0 saturated heterocycles. The normalized spacial score (nSPS) is 13.8. The maximum Gasteiger partial charge on any atom is 0.216 e. The van der Waals surface area contributed by atoms with Crippen LogP contribution in [0.4, 0.5) is 0 Å². The fraction of sp³-hybridized carbons (Fsp3) is 0.500. The lowest BCUT2D eigenvalue weighted by molar-refractivity contribution is -0.107. The van der Waals surface area contributed by atoms with Crippen molar-refractivity contribution >= 4 is 16.9 Å². The average Bonchev–Trinajstić information content (AvgIpc) is 2.14. The van der Waals surface area contributed by atoms with Crippen LogP contribution in [-0.2, 0) is 4.79 Å². The average molecular weight is 254 g/mol. The highest BCUT2D eigenvalue weighted by Gasteiger charge is 2.15. The van der Waals surface area contributed by atoms with E-state index in [1.54, 1.807) is 6.08 Å². The van der Waals surface area contributed by atoms with Gasteiger partial charge < -0.3 is 5.11 Å². The Balaban J connectivity index is 4.21. The molecule has 2 nitrogen and oxygen atoms in total. The summed E-state index contributed by atoms with van der Waals surface area (Å²) in [6.45, 7) is 7.99. The van der Waals surface area contributed by atoms with E-state index in [1.165, 1.54) is 23.9 Å². The molecule has 0 aliphatic rings. The second-order valence-electron chi connectivity index (χ2n) is 4.68. The Morgan fingerprint density at radius 1 is 1.29 bits per heavy atom. The first-order valence-corrected chi connectivity index (χ1v) is 6.63. The Labute approximate surface area is 108 Å². The molecule has 0 aliphatic carbocycles. The van der Waals surface area contributed by atoms with E-state index in [1.807, 2.05) is 32.9 Å². The molecular weight excluding hydrogens is 232 g/mol. The van der Waals surface area contributed by atoms with Gasteiger partial charge in [0, 0.05) is 10.8 Å². The second kappa shape index (κ2) is 8.18. The minimum Gasteiger partial charge on any atom is -0.508 e. The zero-order valence-corrected chi connectivity index (χ0v) is 11.9. The summed E-state index contributed by atoms with van der Waals surface area (Å²) in [7, 11) is 0. The molecule has 0 saturated carbocycles. The van der Waals surface area contributed by atoms with Gasteiger partial charge in [0.05, 0.1) is 0 Å². The molecule has 0 fully saturated rings. The molecule has 0 radical (unpaired) electrons. The minimum absolute atomic E-state index is 0.00658. The van der Waals surface area contributed by atoms with Gasteiger partial charge in [-0.1, -0.05) is 64.1 Å². The standard InChI is InChI=1S/C14H22O2S/c1-5-6-7-8-9-10-12(15)11-13(16)17-14(2,3)4/h7-11,15H,5-6H2,1-4H3/b8-7+,10-9+,12-11-. The van der Waals surface area contributed by atoms with Crippen molar-refractivity contribution in [3.63, 3.8) is 0 Å². The van der Waals surface area contributed by atoms with Gasteiger partial charge in [0.2, 0.25) is 5.12 Å². The van der Waals surface area contributed by atoms with Crippen LogP contribution in [0.25, 0.3) is 0 Å². The summed E-state index contributed by atoms with van der Waals surface area (Å²) in [6.07, 6.45) is 10.5. The predicted octanol–water partition coefficient (Wildman–Crippen LogP) is 4.40. The van der Waals surface area contributed by atoms with Crippen molar-refractivity contribution in [2.75, 3.05) is 0 Å². The number of thioether (sulfide) groups is 1. The van der Waals surface area contributed by atoms with Crippen LogP contribution >= 0.6 is 11.8 Å². The van der Waals surface area contributed by atoms with Gasteiger partial charge in [0.1, 0.15) is 5.76 Å². The number of unbranched alkanes of at least 4 members (excludes halogenated alkanes) is 1. The largest absolute Gasteiger partial charge is 0.508 e. The SMILES string of the molecule is CCC/C=C/C=C/C(O)=C/C(=O)SC(C)(C)C. The Morgan fingerprint density at radius 3 is 2.47 bits per heavy atom. The summed E-state index contributed by atoms with van der Waals surface area (Å²) in [5.41, 5.74) is 0. The minimum atomic E-state index is -0.128. The van der Waals surface area contributed by atoms with E-state index < -0.39 is 0 Å². The topological polar surface area (TPSA) is 37.3 Å².